The summed E-state index contributed by atoms with van der Waals surface area (Å²) in [6.45, 7) is 0. The molecule has 0 aromatic heterocycles. The number of benzene rings is 1. The van der Waals surface area contributed by atoms with Gasteiger partial charge in [-0.3, -0.25) is 4.79 Å². The normalized spacial score (nSPS) is 9.20. The van der Waals surface area contributed by atoms with Gasteiger partial charge in [0, 0.05) is 5.56 Å². The van der Waals surface area contributed by atoms with Crippen LogP contribution < -0.4 is 11.5 Å². The van der Waals surface area contributed by atoms with Gasteiger partial charge in [0.15, 0.2) is 0 Å². The van der Waals surface area contributed by atoms with Crippen molar-refractivity contribution in [1.29, 1.82) is 0 Å². The fraction of sp³-hybridized carbons (Fsp3) is 0. The lowest BCUT2D eigenvalue weighted by molar-refractivity contribution is 0.112. The van der Waals surface area contributed by atoms with Gasteiger partial charge in [0.1, 0.15) is 6.29 Å². The summed E-state index contributed by atoms with van der Waals surface area (Å²) in [5.74, 6) is 0. The minimum absolute atomic E-state index is 0.449. The molecule has 0 radical (unpaired) electrons. The van der Waals surface area contributed by atoms with Crippen molar-refractivity contribution >= 4 is 17.7 Å². The van der Waals surface area contributed by atoms with Crippen molar-refractivity contribution in [3.63, 3.8) is 0 Å². The number of hydrogen-bond acceptors (Lipinski definition) is 3. The van der Waals surface area contributed by atoms with Gasteiger partial charge in [0.25, 0.3) is 0 Å². The number of nitrogens with two attached hydrogens (primary N) is 2. The van der Waals surface area contributed by atoms with Crippen LogP contribution in [0.25, 0.3) is 0 Å². The third kappa shape index (κ3) is 1.07. The summed E-state index contributed by atoms with van der Waals surface area (Å²) < 4.78 is 0. The molecule has 0 atom stereocenters. The van der Waals surface area contributed by atoms with E-state index in [2.05, 4.69) is 0 Å². The van der Waals surface area contributed by atoms with Crippen LogP contribution >= 0.6 is 0 Å². The van der Waals surface area contributed by atoms with Gasteiger partial charge in [-0.25, -0.2) is 0 Å². The number of aldehydes is 1. The zero-order chi connectivity index (χ0) is 7.56. The second-order valence-corrected chi connectivity index (χ2v) is 2.01. The van der Waals surface area contributed by atoms with E-state index in [-0.39, 0.29) is 0 Å². The summed E-state index contributed by atoms with van der Waals surface area (Å²) in [6, 6.07) is 4.78. The van der Waals surface area contributed by atoms with E-state index < -0.39 is 0 Å². The highest BCUT2D eigenvalue weighted by atomic mass is 16.1. The quantitative estimate of drug-likeness (QED) is 0.440. The molecule has 0 aliphatic rings. The smallest absolute Gasteiger partial charge is 0.150 e. The zero-order valence-corrected chi connectivity index (χ0v) is 5.37. The number of carbonyl (C=O) groups is 1. The Morgan fingerprint density at radius 3 is 2.40 bits per heavy atom. The molecule has 0 amide bonds. The summed E-state index contributed by atoms with van der Waals surface area (Å²) in [5, 5.41) is 0. The monoisotopic (exact) mass is 136 g/mol. The molecule has 3 heteroatoms. The van der Waals surface area contributed by atoms with Gasteiger partial charge in [-0.15, -0.1) is 0 Å². The highest BCUT2D eigenvalue weighted by Crippen LogP contribution is 2.14. The molecule has 0 bridgehead atoms. The second kappa shape index (κ2) is 2.39. The third-order valence-corrected chi connectivity index (χ3v) is 1.25. The number of hydrogen-bond donors (Lipinski definition) is 2. The maximum atomic E-state index is 10.2. The van der Waals surface area contributed by atoms with E-state index in [1.165, 1.54) is 0 Å². The van der Waals surface area contributed by atoms with E-state index >= 15 is 0 Å². The minimum atomic E-state index is 0.449. The molecule has 0 aliphatic heterocycles. The Morgan fingerprint density at radius 1 is 1.20 bits per heavy atom. The van der Waals surface area contributed by atoms with Crippen LogP contribution in [0, 0.1) is 0 Å². The largest absolute Gasteiger partial charge is 0.397 e. The first kappa shape index (κ1) is 6.61. The average Bonchev–Trinajstić information content (AvgIpc) is 1.95. The second-order valence-electron chi connectivity index (χ2n) is 2.01. The molecule has 1 rings (SSSR count). The van der Waals surface area contributed by atoms with Crippen molar-refractivity contribution in [2.45, 2.75) is 0 Å². The third-order valence-electron chi connectivity index (χ3n) is 1.25. The molecule has 0 fully saturated rings. The van der Waals surface area contributed by atoms with E-state index in [0.29, 0.717) is 16.9 Å². The molecule has 3 nitrogen and oxygen atoms in total. The molecule has 0 spiro atoms. The Kier molecular flexibility index (Phi) is 1.58. The topological polar surface area (TPSA) is 69.1 Å². The molecule has 10 heavy (non-hydrogen) atoms. The Labute approximate surface area is 58.6 Å². The van der Waals surface area contributed by atoms with E-state index in [1.807, 2.05) is 0 Å². The van der Waals surface area contributed by atoms with Crippen LogP contribution in [0.3, 0.4) is 0 Å². The molecule has 1 aromatic rings. The van der Waals surface area contributed by atoms with Gasteiger partial charge in [-0.2, -0.15) is 0 Å². The van der Waals surface area contributed by atoms with Crippen LogP contribution in [-0.4, -0.2) is 6.29 Å². The first-order valence-corrected chi connectivity index (χ1v) is 2.84. The van der Waals surface area contributed by atoms with Crippen molar-refractivity contribution in [2.24, 2.45) is 0 Å². The minimum Gasteiger partial charge on any atom is -0.397 e. The van der Waals surface area contributed by atoms with Crippen LogP contribution in [0.2, 0.25) is 0 Å². The van der Waals surface area contributed by atoms with Crippen molar-refractivity contribution in [3.05, 3.63) is 23.8 Å². The molecule has 52 valence electrons. The van der Waals surface area contributed by atoms with Crippen LogP contribution in [0.4, 0.5) is 11.4 Å². The van der Waals surface area contributed by atoms with Crippen molar-refractivity contribution in [3.8, 4) is 0 Å². The fourth-order valence-corrected chi connectivity index (χ4v) is 0.667. The molecule has 4 N–H and O–H groups in total. The Morgan fingerprint density at radius 2 is 1.90 bits per heavy atom. The summed E-state index contributed by atoms with van der Waals surface area (Å²) in [7, 11) is 0. The van der Waals surface area contributed by atoms with Crippen LogP contribution in [-0.2, 0) is 0 Å². The average molecular weight is 136 g/mol. The lowest BCUT2D eigenvalue weighted by atomic mass is 10.2. The maximum Gasteiger partial charge on any atom is 0.150 e. The van der Waals surface area contributed by atoms with Crippen LogP contribution in [0.5, 0.6) is 0 Å². The van der Waals surface area contributed by atoms with Gasteiger partial charge in [-0.1, -0.05) is 0 Å². The summed E-state index contributed by atoms with van der Waals surface area (Å²) >= 11 is 0. The standard InChI is InChI=1S/C7H8N2O/c8-6-2-1-5(4-10)3-7(6)9/h1-4H,8-9H2. The van der Waals surface area contributed by atoms with Gasteiger partial charge >= 0.3 is 0 Å². The molecule has 0 heterocycles. The summed E-state index contributed by atoms with van der Waals surface area (Å²) in [4.78, 5) is 10.2. The SMILES string of the molecule is Nc1ccc(C=O)cc1N. The van der Waals surface area contributed by atoms with Crippen LogP contribution in [0.15, 0.2) is 18.2 Å². The van der Waals surface area contributed by atoms with E-state index in [0.717, 1.165) is 6.29 Å². The summed E-state index contributed by atoms with van der Waals surface area (Å²) in [5.41, 5.74) is 12.3. The Hall–Kier alpha value is -1.51. The molecule has 0 saturated carbocycles. The number of rotatable bonds is 1. The lowest BCUT2D eigenvalue weighted by Crippen LogP contribution is -1.94. The van der Waals surface area contributed by atoms with Crippen molar-refractivity contribution in [2.75, 3.05) is 11.5 Å². The Bertz CT molecular complexity index is 258. The van der Waals surface area contributed by atoms with Gasteiger partial charge < -0.3 is 11.5 Å². The zero-order valence-electron chi connectivity index (χ0n) is 5.37. The molecular weight excluding hydrogens is 128 g/mol. The van der Waals surface area contributed by atoms with Gasteiger partial charge in [-0.05, 0) is 18.2 Å². The molecule has 0 saturated heterocycles. The van der Waals surface area contributed by atoms with Gasteiger partial charge in [0.2, 0.25) is 0 Å². The highest BCUT2D eigenvalue weighted by Gasteiger charge is 1.93. The lowest BCUT2D eigenvalue weighted by Gasteiger charge is -1.97. The first-order chi connectivity index (χ1) is 4.74. The first-order valence-electron chi connectivity index (χ1n) is 2.84. The van der Waals surface area contributed by atoms with Crippen molar-refractivity contribution in [1.82, 2.24) is 0 Å². The number of nitrogen functional groups attached to an aromatic ring is 2. The predicted molar refractivity (Wildman–Crippen MR) is 40.7 cm³/mol. The molecular formula is C7H8N2O. The molecule has 1 aromatic carbocycles. The van der Waals surface area contributed by atoms with E-state index in [4.69, 9.17) is 11.5 Å². The fourth-order valence-electron chi connectivity index (χ4n) is 0.667. The maximum absolute atomic E-state index is 10.2. The number of anilines is 2. The van der Waals surface area contributed by atoms with E-state index in [9.17, 15) is 4.79 Å². The van der Waals surface area contributed by atoms with Crippen LogP contribution in [0.1, 0.15) is 10.4 Å². The predicted octanol–water partition coefficient (Wildman–Crippen LogP) is 0.664. The van der Waals surface area contributed by atoms with Gasteiger partial charge in [0.05, 0.1) is 11.4 Å². The Balaban J connectivity index is 3.16. The van der Waals surface area contributed by atoms with Crippen molar-refractivity contribution < 1.29 is 4.79 Å². The number of carbonyl (C=O) groups excluding carboxylic acids is 1. The molecule has 0 aliphatic carbocycles. The highest BCUT2D eigenvalue weighted by molar-refractivity contribution is 5.79. The summed E-state index contributed by atoms with van der Waals surface area (Å²) in [6.07, 6.45) is 0.732. The van der Waals surface area contributed by atoms with E-state index in [1.54, 1.807) is 18.2 Å². The molecule has 0 unspecified atom stereocenters.